The highest BCUT2D eigenvalue weighted by molar-refractivity contribution is 5.90. The van der Waals surface area contributed by atoms with Crippen molar-refractivity contribution >= 4 is 10.8 Å². The molecule has 0 aromatic heterocycles. The number of ether oxygens (including phenoxy) is 1. The van der Waals surface area contributed by atoms with Crippen LogP contribution in [0.1, 0.15) is 42.6 Å². The number of aliphatic hydroxyl groups is 2. The lowest BCUT2D eigenvalue weighted by atomic mass is 9.81. The number of piperidine rings is 1. The Morgan fingerprint density at radius 3 is 2.48 bits per heavy atom. The highest BCUT2D eigenvalue weighted by Crippen LogP contribution is 2.47. The maximum absolute atomic E-state index is 10.9. The van der Waals surface area contributed by atoms with Crippen LogP contribution in [0.3, 0.4) is 0 Å². The summed E-state index contributed by atoms with van der Waals surface area (Å²) in [6, 6.07) is 22.1. The molecule has 2 heterocycles. The molecule has 1 spiro atoms. The fraction of sp³-hybridized carbons (Fsp3) is 0.360. The third-order valence-electron chi connectivity index (χ3n) is 6.54. The minimum atomic E-state index is -0.496. The normalized spacial score (nSPS) is 22.2. The summed E-state index contributed by atoms with van der Waals surface area (Å²) in [4.78, 5) is 2.30. The zero-order valence-corrected chi connectivity index (χ0v) is 16.5. The maximum Gasteiger partial charge on any atom is 0.133 e. The molecule has 5 rings (SSSR count). The molecule has 3 aromatic carbocycles. The second kappa shape index (κ2) is 7.45. The van der Waals surface area contributed by atoms with Crippen molar-refractivity contribution in [2.24, 2.45) is 0 Å². The number of hydrogen-bond acceptors (Lipinski definition) is 4. The third-order valence-corrected chi connectivity index (χ3v) is 6.54. The largest absolute Gasteiger partial charge is 0.486 e. The fourth-order valence-electron chi connectivity index (χ4n) is 4.83. The summed E-state index contributed by atoms with van der Waals surface area (Å²) in [7, 11) is 0. The van der Waals surface area contributed by atoms with Gasteiger partial charge in [0.25, 0.3) is 0 Å². The molecule has 0 amide bonds. The van der Waals surface area contributed by atoms with Crippen molar-refractivity contribution in [3.8, 4) is 5.75 Å². The van der Waals surface area contributed by atoms with Crippen molar-refractivity contribution in [3.05, 3.63) is 77.9 Å². The van der Waals surface area contributed by atoms with Crippen LogP contribution in [0.5, 0.6) is 5.75 Å². The summed E-state index contributed by atoms with van der Waals surface area (Å²) in [5.74, 6) is 0.847. The molecule has 2 aliphatic rings. The van der Waals surface area contributed by atoms with Crippen molar-refractivity contribution in [3.63, 3.8) is 0 Å². The summed E-state index contributed by atoms with van der Waals surface area (Å²) in [5.41, 5.74) is 1.53. The van der Waals surface area contributed by atoms with Crippen LogP contribution in [0.4, 0.5) is 0 Å². The molecule has 1 fully saturated rings. The molecule has 2 aliphatic heterocycles. The van der Waals surface area contributed by atoms with E-state index in [0.717, 1.165) is 53.6 Å². The van der Waals surface area contributed by atoms with Gasteiger partial charge in [0.05, 0.1) is 12.2 Å². The van der Waals surface area contributed by atoms with Gasteiger partial charge in [0.2, 0.25) is 0 Å². The van der Waals surface area contributed by atoms with Gasteiger partial charge in [0.1, 0.15) is 11.4 Å². The van der Waals surface area contributed by atoms with E-state index in [9.17, 15) is 10.2 Å². The van der Waals surface area contributed by atoms with E-state index in [0.29, 0.717) is 13.0 Å². The van der Waals surface area contributed by atoms with Gasteiger partial charge in [-0.1, -0.05) is 66.7 Å². The Morgan fingerprint density at radius 1 is 0.966 bits per heavy atom. The van der Waals surface area contributed by atoms with Crippen LogP contribution in [0.15, 0.2) is 66.7 Å². The smallest absolute Gasteiger partial charge is 0.133 e. The van der Waals surface area contributed by atoms with Crippen LogP contribution in [-0.4, -0.2) is 40.3 Å². The highest BCUT2D eigenvalue weighted by atomic mass is 16.5. The molecule has 150 valence electrons. The molecule has 0 unspecified atom stereocenters. The Morgan fingerprint density at radius 2 is 1.69 bits per heavy atom. The fourth-order valence-corrected chi connectivity index (χ4v) is 4.83. The van der Waals surface area contributed by atoms with Crippen LogP contribution in [0.25, 0.3) is 10.8 Å². The number of β-amino-alcohol motifs (C(OH)–C–C–N with tert-alkyl or cyclic N) is 1. The molecular formula is C25H27NO3. The van der Waals surface area contributed by atoms with E-state index in [-0.39, 0.29) is 5.60 Å². The van der Waals surface area contributed by atoms with Gasteiger partial charge < -0.3 is 19.8 Å². The molecule has 1 saturated heterocycles. The van der Waals surface area contributed by atoms with Crippen molar-refractivity contribution in [1.82, 2.24) is 4.90 Å². The first-order valence-electron chi connectivity index (χ1n) is 10.5. The average Bonchev–Trinajstić information content (AvgIpc) is 2.76. The first kappa shape index (κ1) is 18.6. The van der Waals surface area contributed by atoms with Crippen molar-refractivity contribution in [2.75, 3.05) is 19.6 Å². The number of likely N-dealkylation sites (tertiary alicyclic amines) is 1. The molecule has 0 saturated carbocycles. The second-order valence-corrected chi connectivity index (χ2v) is 8.44. The SMILES string of the molecule is O[C@H](CN1CCC2(CC1)C[C@@H](O)c1ccc3ccccc3c1O2)c1ccccc1. The predicted octanol–water partition coefficient (Wildman–Crippen LogP) is 4.22. The molecule has 0 radical (unpaired) electrons. The predicted molar refractivity (Wildman–Crippen MR) is 114 cm³/mol. The van der Waals surface area contributed by atoms with Gasteiger partial charge in [0, 0.05) is 37.0 Å². The van der Waals surface area contributed by atoms with E-state index >= 15 is 0 Å². The Hall–Kier alpha value is -2.40. The van der Waals surface area contributed by atoms with Crippen molar-refractivity contribution in [1.29, 1.82) is 0 Å². The Kier molecular flexibility index (Phi) is 4.78. The number of aliphatic hydroxyl groups excluding tert-OH is 2. The van der Waals surface area contributed by atoms with E-state index in [1.165, 1.54) is 0 Å². The summed E-state index contributed by atoms with van der Waals surface area (Å²) in [5, 5.41) is 23.6. The lowest BCUT2D eigenvalue weighted by Crippen LogP contribution is -2.51. The first-order chi connectivity index (χ1) is 14.1. The Labute approximate surface area is 171 Å². The van der Waals surface area contributed by atoms with Crippen LogP contribution < -0.4 is 4.74 Å². The molecule has 4 nitrogen and oxygen atoms in total. The van der Waals surface area contributed by atoms with Gasteiger partial charge in [-0.25, -0.2) is 0 Å². The quantitative estimate of drug-likeness (QED) is 0.704. The first-order valence-corrected chi connectivity index (χ1v) is 10.5. The topological polar surface area (TPSA) is 52.9 Å². The number of rotatable bonds is 3. The maximum atomic E-state index is 10.9. The molecule has 29 heavy (non-hydrogen) atoms. The van der Waals surface area contributed by atoms with E-state index < -0.39 is 12.2 Å². The molecule has 3 aromatic rings. The zero-order valence-electron chi connectivity index (χ0n) is 16.5. The van der Waals surface area contributed by atoms with E-state index in [4.69, 9.17) is 4.74 Å². The zero-order chi connectivity index (χ0) is 19.8. The minimum absolute atomic E-state index is 0.329. The monoisotopic (exact) mass is 389 g/mol. The number of fused-ring (bicyclic) bond motifs is 3. The van der Waals surface area contributed by atoms with E-state index in [1.54, 1.807) is 0 Å². The van der Waals surface area contributed by atoms with Crippen molar-refractivity contribution < 1.29 is 14.9 Å². The molecule has 2 N–H and O–H groups in total. The lowest BCUT2D eigenvalue weighted by Gasteiger charge is -2.46. The number of nitrogens with zero attached hydrogens (tertiary/aromatic N) is 1. The number of benzene rings is 3. The highest BCUT2D eigenvalue weighted by Gasteiger charge is 2.43. The van der Waals surface area contributed by atoms with Gasteiger partial charge >= 0.3 is 0 Å². The van der Waals surface area contributed by atoms with E-state index in [2.05, 4.69) is 23.1 Å². The average molecular weight is 389 g/mol. The molecular weight excluding hydrogens is 362 g/mol. The third kappa shape index (κ3) is 3.52. The van der Waals surface area contributed by atoms with Crippen LogP contribution >= 0.6 is 0 Å². The van der Waals surface area contributed by atoms with Gasteiger partial charge in [0.15, 0.2) is 0 Å². The van der Waals surface area contributed by atoms with Crippen LogP contribution in [-0.2, 0) is 0 Å². The van der Waals surface area contributed by atoms with Crippen LogP contribution in [0.2, 0.25) is 0 Å². The summed E-state index contributed by atoms with van der Waals surface area (Å²) in [6.45, 7) is 2.34. The van der Waals surface area contributed by atoms with Gasteiger partial charge in [-0.05, 0) is 23.8 Å². The Bertz CT molecular complexity index is 995. The van der Waals surface area contributed by atoms with Gasteiger partial charge in [-0.3, -0.25) is 0 Å². The lowest BCUT2D eigenvalue weighted by molar-refractivity contribution is -0.0577. The second-order valence-electron chi connectivity index (χ2n) is 8.44. The molecule has 0 aliphatic carbocycles. The van der Waals surface area contributed by atoms with Gasteiger partial charge in [-0.15, -0.1) is 0 Å². The summed E-state index contributed by atoms with van der Waals surface area (Å²) in [6.07, 6.45) is 1.37. The standard InChI is InChI=1S/C25H27NO3/c27-22-16-25(29-24-20-9-5-4-6-18(20)10-11-21(22)24)12-14-26(15-13-25)17-23(28)19-7-2-1-3-8-19/h1-11,22-23,27-28H,12-17H2/t22-,23-/m1/s1. The molecule has 2 atom stereocenters. The van der Waals surface area contributed by atoms with Crippen LogP contribution in [0, 0.1) is 0 Å². The number of hydrogen-bond donors (Lipinski definition) is 2. The summed E-state index contributed by atoms with van der Waals surface area (Å²) < 4.78 is 6.63. The molecule has 4 heteroatoms. The minimum Gasteiger partial charge on any atom is -0.486 e. The van der Waals surface area contributed by atoms with Crippen molar-refractivity contribution in [2.45, 2.75) is 37.1 Å². The molecule has 0 bridgehead atoms. The van der Waals surface area contributed by atoms with E-state index in [1.807, 2.05) is 48.5 Å². The Balaban J connectivity index is 1.32. The summed E-state index contributed by atoms with van der Waals surface area (Å²) >= 11 is 0. The van der Waals surface area contributed by atoms with Gasteiger partial charge in [-0.2, -0.15) is 0 Å².